The number of aliphatic imine (C=N–C) groups is 1. The second-order valence-electron chi connectivity index (χ2n) is 9.56. The Bertz CT molecular complexity index is 1150. The van der Waals surface area contributed by atoms with Gasteiger partial charge in [0.05, 0.1) is 12.3 Å². The average Bonchev–Trinajstić information content (AvgIpc) is 2.91. The largest absolute Gasteiger partial charge is 0.494 e. The molecule has 0 aliphatic carbocycles. The Morgan fingerprint density at radius 3 is 2.55 bits per heavy atom. The fraction of sp³-hybridized carbons (Fsp3) is 0.429. The maximum Gasteiger partial charge on any atom is 0.239 e. The minimum Gasteiger partial charge on any atom is -0.494 e. The van der Waals surface area contributed by atoms with Crippen LogP contribution in [0.5, 0.6) is 5.75 Å². The molecule has 0 saturated carbocycles. The zero-order valence-electron chi connectivity index (χ0n) is 21.9. The van der Waals surface area contributed by atoms with E-state index >= 15 is 0 Å². The number of rotatable bonds is 10. The Hall–Kier alpha value is -3.92. The van der Waals surface area contributed by atoms with E-state index in [9.17, 15) is 14.4 Å². The smallest absolute Gasteiger partial charge is 0.239 e. The number of hydrogen-bond acceptors (Lipinski definition) is 7. The van der Waals surface area contributed by atoms with Crippen LogP contribution in [-0.4, -0.2) is 59.8 Å². The summed E-state index contributed by atoms with van der Waals surface area (Å²) in [6.07, 6.45) is 4.45. The number of hydrogen-bond donors (Lipinski definition) is 3. The molecule has 0 radical (unpaired) electrons. The quantitative estimate of drug-likeness (QED) is 0.415. The molecular weight excluding hydrogens is 484 g/mol. The summed E-state index contributed by atoms with van der Waals surface area (Å²) in [5.74, 6) is 0.543. The highest BCUT2D eigenvalue weighted by Crippen LogP contribution is 2.30. The summed E-state index contributed by atoms with van der Waals surface area (Å²) >= 11 is 0. The molecule has 1 saturated heterocycles. The first-order valence-electron chi connectivity index (χ1n) is 13.2. The average molecular weight is 521 g/mol. The van der Waals surface area contributed by atoms with Crippen LogP contribution in [0.4, 0.5) is 5.69 Å². The lowest BCUT2D eigenvalue weighted by Gasteiger charge is -2.30. The third-order valence-electron chi connectivity index (χ3n) is 6.35. The van der Waals surface area contributed by atoms with Crippen molar-refractivity contribution in [3.8, 4) is 5.75 Å². The number of hydrazine groups is 1. The zero-order valence-corrected chi connectivity index (χ0v) is 21.9. The van der Waals surface area contributed by atoms with Gasteiger partial charge < -0.3 is 15.0 Å². The fourth-order valence-corrected chi connectivity index (χ4v) is 4.42. The van der Waals surface area contributed by atoms with Crippen LogP contribution in [0.15, 0.2) is 53.5 Å². The van der Waals surface area contributed by atoms with Crippen LogP contribution >= 0.6 is 0 Å². The molecule has 0 atom stereocenters. The Morgan fingerprint density at radius 1 is 1.00 bits per heavy atom. The van der Waals surface area contributed by atoms with Gasteiger partial charge in [0.1, 0.15) is 12.3 Å². The summed E-state index contributed by atoms with van der Waals surface area (Å²) in [6.45, 7) is 4.54. The molecule has 3 N–H and O–H groups in total. The van der Waals surface area contributed by atoms with Crippen LogP contribution in [0.1, 0.15) is 50.2 Å². The van der Waals surface area contributed by atoms with Gasteiger partial charge in [-0.25, -0.2) is 10.0 Å². The molecule has 2 aliphatic heterocycles. The second kappa shape index (κ2) is 13.6. The van der Waals surface area contributed by atoms with E-state index < -0.39 is 0 Å². The number of fused-ring (bicyclic) bond motifs is 1. The first kappa shape index (κ1) is 27.1. The monoisotopic (exact) mass is 520 g/mol. The van der Waals surface area contributed by atoms with Crippen molar-refractivity contribution in [3.05, 3.63) is 59.7 Å². The van der Waals surface area contributed by atoms with Crippen molar-refractivity contribution in [2.24, 2.45) is 4.99 Å². The highest BCUT2D eigenvalue weighted by atomic mass is 16.5. The number of nitrogens with zero attached hydrogens (tertiary/aromatic N) is 3. The van der Waals surface area contributed by atoms with Crippen LogP contribution in [-0.2, 0) is 27.5 Å². The molecule has 10 heteroatoms. The Balaban J connectivity index is 1.29. The van der Waals surface area contributed by atoms with Crippen LogP contribution in [0.2, 0.25) is 0 Å². The summed E-state index contributed by atoms with van der Waals surface area (Å²) in [6, 6.07) is 15.3. The number of carbonyl (C=O) groups is 3. The molecule has 10 nitrogen and oxygen atoms in total. The van der Waals surface area contributed by atoms with Crippen molar-refractivity contribution in [2.45, 2.75) is 52.1 Å². The molecule has 0 unspecified atom stereocenters. The van der Waals surface area contributed by atoms with Crippen LogP contribution in [0.3, 0.4) is 0 Å². The minimum absolute atomic E-state index is 0.0124. The SMILES string of the molecule is CC(=O)NC1=Nc2cc(OCCCC(=O)NN3CCCCC3)ccc2CN1CC(=O)NCc1ccccc1. The predicted octanol–water partition coefficient (Wildman–Crippen LogP) is 2.62. The minimum atomic E-state index is -0.267. The molecular formula is C28H36N6O4. The number of piperidine rings is 1. The van der Waals surface area contributed by atoms with Crippen LogP contribution in [0.25, 0.3) is 0 Å². The maximum atomic E-state index is 12.6. The number of nitrogens with one attached hydrogen (secondary N) is 3. The molecule has 0 spiro atoms. The standard InChI is InChI=1S/C28H36N6O4/c1-21(35)30-28-31-25-17-24(38-16-8-11-26(36)32-34-14-6-3-7-15-34)13-12-23(25)19-33(28)20-27(37)29-18-22-9-4-2-5-10-22/h2,4-5,9-10,12-13,17H,3,6-8,11,14-16,18-20H2,1H3,(H,29,37)(H,32,36)(H,30,31,35). The van der Waals surface area contributed by atoms with Crippen molar-refractivity contribution in [2.75, 3.05) is 26.2 Å². The van der Waals surface area contributed by atoms with E-state index in [1.54, 1.807) is 4.90 Å². The molecule has 2 aliphatic rings. The predicted molar refractivity (Wildman–Crippen MR) is 144 cm³/mol. The summed E-state index contributed by atoms with van der Waals surface area (Å²) in [5, 5.41) is 7.65. The molecule has 4 rings (SSSR count). The summed E-state index contributed by atoms with van der Waals surface area (Å²) in [4.78, 5) is 42.9. The van der Waals surface area contributed by atoms with Gasteiger partial charge in [-0.1, -0.05) is 42.8 Å². The van der Waals surface area contributed by atoms with Gasteiger partial charge in [-0.05, 0) is 36.5 Å². The maximum absolute atomic E-state index is 12.6. The fourth-order valence-electron chi connectivity index (χ4n) is 4.42. The summed E-state index contributed by atoms with van der Waals surface area (Å²) in [5.41, 5.74) is 5.57. The molecule has 2 aromatic carbocycles. The van der Waals surface area contributed by atoms with Crippen LogP contribution < -0.4 is 20.8 Å². The van der Waals surface area contributed by atoms with E-state index in [-0.39, 0.29) is 24.3 Å². The van der Waals surface area contributed by atoms with E-state index in [1.165, 1.54) is 13.3 Å². The first-order chi connectivity index (χ1) is 18.5. The van der Waals surface area contributed by atoms with E-state index in [1.807, 2.05) is 53.5 Å². The van der Waals surface area contributed by atoms with E-state index in [4.69, 9.17) is 4.74 Å². The Kier molecular flexibility index (Phi) is 9.69. The summed E-state index contributed by atoms with van der Waals surface area (Å²) in [7, 11) is 0. The number of carbonyl (C=O) groups excluding carboxylic acids is 3. The molecule has 38 heavy (non-hydrogen) atoms. The van der Waals surface area contributed by atoms with Crippen molar-refractivity contribution in [1.29, 1.82) is 0 Å². The third kappa shape index (κ3) is 8.31. The van der Waals surface area contributed by atoms with Gasteiger partial charge in [0.2, 0.25) is 23.7 Å². The van der Waals surface area contributed by atoms with E-state index in [0.717, 1.165) is 37.1 Å². The van der Waals surface area contributed by atoms with Gasteiger partial charge in [-0.3, -0.25) is 25.1 Å². The van der Waals surface area contributed by atoms with Gasteiger partial charge >= 0.3 is 0 Å². The van der Waals surface area contributed by atoms with Gasteiger partial charge in [0.15, 0.2) is 0 Å². The van der Waals surface area contributed by atoms with Crippen molar-refractivity contribution < 1.29 is 19.1 Å². The van der Waals surface area contributed by atoms with Gasteiger partial charge in [0.25, 0.3) is 0 Å². The first-order valence-corrected chi connectivity index (χ1v) is 13.2. The van der Waals surface area contributed by atoms with Gasteiger partial charge in [-0.2, -0.15) is 0 Å². The van der Waals surface area contributed by atoms with E-state index in [2.05, 4.69) is 21.1 Å². The lowest BCUT2D eigenvalue weighted by atomic mass is 10.1. The lowest BCUT2D eigenvalue weighted by Crippen LogP contribution is -2.48. The van der Waals surface area contributed by atoms with Crippen LogP contribution in [0, 0.1) is 0 Å². The number of ether oxygens (including phenoxy) is 1. The molecule has 202 valence electrons. The number of amides is 3. The Morgan fingerprint density at radius 2 is 1.79 bits per heavy atom. The van der Waals surface area contributed by atoms with Crippen molar-refractivity contribution >= 4 is 29.4 Å². The number of guanidine groups is 1. The molecule has 2 heterocycles. The number of benzene rings is 2. The normalized spacial score (nSPS) is 15.2. The van der Waals surface area contributed by atoms with E-state index in [0.29, 0.717) is 49.9 Å². The summed E-state index contributed by atoms with van der Waals surface area (Å²) < 4.78 is 5.87. The van der Waals surface area contributed by atoms with Crippen molar-refractivity contribution in [1.82, 2.24) is 26.0 Å². The third-order valence-corrected chi connectivity index (χ3v) is 6.35. The zero-order chi connectivity index (χ0) is 26.7. The molecule has 2 aromatic rings. The second-order valence-corrected chi connectivity index (χ2v) is 9.56. The Labute approximate surface area is 223 Å². The molecule has 0 bridgehead atoms. The lowest BCUT2D eigenvalue weighted by molar-refractivity contribution is -0.126. The highest BCUT2D eigenvalue weighted by Gasteiger charge is 2.23. The molecule has 1 fully saturated rings. The van der Waals surface area contributed by atoms with Gasteiger partial charge in [-0.15, -0.1) is 0 Å². The van der Waals surface area contributed by atoms with Gasteiger partial charge in [0, 0.05) is 45.6 Å². The highest BCUT2D eigenvalue weighted by molar-refractivity contribution is 5.99. The molecule has 0 aromatic heterocycles. The topological polar surface area (TPSA) is 115 Å². The molecule has 3 amide bonds. The van der Waals surface area contributed by atoms with Crippen molar-refractivity contribution in [3.63, 3.8) is 0 Å².